The van der Waals surface area contributed by atoms with Gasteiger partial charge < -0.3 is 14.2 Å². The zero-order chi connectivity index (χ0) is 24.6. The highest BCUT2D eigenvalue weighted by atomic mass is 19.1. The van der Waals surface area contributed by atoms with Gasteiger partial charge >= 0.3 is 0 Å². The Kier molecular flexibility index (Phi) is 8.06. The lowest BCUT2D eigenvalue weighted by atomic mass is 9.98. The molecule has 3 aromatic rings. The number of piperidine rings is 1. The summed E-state index contributed by atoms with van der Waals surface area (Å²) in [6, 6.07) is 15.5. The van der Waals surface area contributed by atoms with Crippen LogP contribution in [0, 0.1) is 17.1 Å². The van der Waals surface area contributed by atoms with E-state index >= 15 is 0 Å². The number of hydrogen-bond acceptors (Lipinski definition) is 7. The molecule has 0 bridgehead atoms. The fraction of sp³-hybridized carbons (Fsp3) is 0.385. The number of nitrogens with zero attached hydrogens (tertiary/aromatic N) is 5. The van der Waals surface area contributed by atoms with Crippen LogP contribution in [0.5, 0.6) is 5.75 Å². The minimum absolute atomic E-state index is 0.00982. The standard InChI is InChI=1S/C26H28FN5O3/c1-2-34-23-11-9-22(10-12-23)32(15-5-13-28)24(33)18-31-14-4-7-20(17-31)26-29-25(30-35-26)19-6-3-8-21(27)16-19/h3,6,8-12,16,20H,2,4-5,7,14-15,17-18H2,1H3. The number of rotatable bonds is 9. The van der Waals surface area contributed by atoms with Crippen LogP contribution in [0.25, 0.3) is 11.4 Å². The summed E-state index contributed by atoms with van der Waals surface area (Å²) >= 11 is 0. The first-order valence-electron chi connectivity index (χ1n) is 11.8. The van der Waals surface area contributed by atoms with Crippen molar-refractivity contribution in [2.45, 2.75) is 32.1 Å². The van der Waals surface area contributed by atoms with Crippen molar-refractivity contribution in [2.24, 2.45) is 0 Å². The number of nitriles is 1. The summed E-state index contributed by atoms with van der Waals surface area (Å²) in [5.41, 5.74) is 1.30. The second-order valence-corrected chi connectivity index (χ2v) is 8.42. The maximum Gasteiger partial charge on any atom is 0.241 e. The van der Waals surface area contributed by atoms with Gasteiger partial charge in [0.1, 0.15) is 11.6 Å². The van der Waals surface area contributed by atoms with Gasteiger partial charge in [-0.25, -0.2) is 4.39 Å². The normalized spacial score (nSPS) is 16.0. The third-order valence-electron chi connectivity index (χ3n) is 5.95. The van der Waals surface area contributed by atoms with Crippen LogP contribution in [0.2, 0.25) is 0 Å². The van der Waals surface area contributed by atoms with Crippen molar-refractivity contribution in [1.29, 1.82) is 5.26 Å². The molecule has 1 aliphatic heterocycles. The lowest BCUT2D eigenvalue weighted by molar-refractivity contribution is -0.120. The Morgan fingerprint density at radius 2 is 2.14 bits per heavy atom. The van der Waals surface area contributed by atoms with Crippen molar-refractivity contribution in [1.82, 2.24) is 15.0 Å². The molecule has 1 aromatic heterocycles. The third kappa shape index (κ3) is 6.22. The molecule has 2 heterocycles. The van der Waals surface area contributed by atoms with E-state index in [9.17, 15) is 9.18 Å². The van der Waals surface area contributed by atoms with Gasteiger partial charge in [-0.2, -0.15) is 10.2 Å². The van der Waals surface area contributed by atoms with Crippen molar-refractivity contribution < 1.29 is 18.4 Å². The van der Waals surface area contributed by atoms with E-state index < -0.39 is 0 Å². The largest absolute Gasteiger partial charge is 0.494 e. The number of aromatic nitrogens is 2. The fourth-order valence-electron chi connectivity index (χ4n) is 4.27. The van der Waals surface area contributed by atoms with Crippen molar-refractivity contribution in [3.63, 3.8) is 0 Å². The van der Waals surface area contributed by atoms with Crippen LogP contribution in [-0.4, -0.2) is 53.7 Å². The number of carbonyl (C=O) groups is 1. The average molecular weight is 478 g/mol. The van der Waals surface area contributed by atoms with Gasteiger partial charge in [0.15, 0.2) is 0 Å². The molecule has 8 nitrogen and oxygen atoms in total. The summed E-state index contributed by atoms with van der Waals surface area (Å²) in [5, 5.41) is 13.1. The molecule has 1 fully saturated rings. The molecule has 0 N–H and O–H groups in total. The van der Waals surface area contributed by atoms with E-state index in [1.807, 2.05) is 31.2 Å². The van der Waals surface area contributed by atoms with E-state index in [0.717, 1.165) is 30.8 Å². The summed E-state index contributed by atoms with van der Waals surface area (Å²) in [4.78, 5) is 21.5. The van der Waals surface area contributed by atoms with Gasteiger partial charge in [0.05, 0.1) is 31.6 Å². The molecule has 35 heavy (non-hydrogen) atoms. The molecular weight excluding hydrogens is 449 g/mol. The monoisotopic (exact) mass is 477 g/mol. The molecule has 1 aliphatic rings. The lowest BCUT2D eigenvalue weighted by Gasteiger charge is -2.32. The van der Waals surface area contributed by atoms with Crippen molar-refractivity contribution in [3.05, 3.63) is 60.2 Å². The SMILES string of the molecule is CCOc1ccc(N(CCC#N)C(=O)CN2CCCC(c3nc(-c4cccc(F)c4)no3)C2)cc1. The Morgan fingerprint density at radius 3 is 2.89 bits per heavy atom. The van der Waals surface area contributed by atoms with Crippen LogP contribution in [0.4, 0.5) is 10.1 Å². The topological polar surface area (TPSA) is 95.5 Å². The minimum Gasteiger partial charge on any atom is -0.494 e. The Bertz CT molecular complexity index is 1170. The highest BCUT2D eigenvalue weighted by molar-refractivity contribution is 5.94. The summed E-state index contributed by atoms with van der Waals surface area (Å²) < 4.78 is 24.5. The minimum atomic E-state index is -0.357. The van der Waals surface area contributed by atoms with Gasteiger partial charge in [0.25, 0.3) is 0 Å². The molecular formula is C26H28FN5O3. The van der Waals surface area contributed by atoms with Crippen LogP contribution >= 0.6 is 0 Å². The number of hydrogen-bond donors (Lipinski definition) is 0. The predicted octanol–water partition coefficient (Wildman–Crippen LogP) is 4.40. The van der Waals surface area contributed by atoms with Crippen LogP contribution in [0.3, 0.4) is 0 Å². The Balaban J connectivity index is 1.42. The molecule has 0 aliphatic carbocycles. The van der Waals surface area contributed by atoms with Gasteiger partial charge in [0, 0.05) is 24.3 Å². The molecule has 9 heteroatoms. The summed E-state index contributed by atoms with van der Waals surface area (Å²) in [6.07, 6.45) is 2.00. The highest BCUT2D eigenvalue weighted by Gasteiger charge is 2.28. The molecule has 182 valence electrons. The van der Waals surface area contributed by atoms with Crippen LogP contribution in [-0.2, 0) is 4.79 Å². The molecule has 0 saturated carbocycles. The highest BCUT2D eigenvalue weighted by Crippen LogP contribution is 2.28. The number of likely N-dealkylation sites (tertiary alicyclic amines) is 1. The van der Waals surface area contributed by atoms with E-state index in [1.165, 1.54) is 12.1 Å². The van der Waals surface area contributed by atoms with Crippen LogP contribution in [0.15, 0.2) is 53.1 Å². The number of ether oxygens (including phenoxy) is 1. The zero-order valence-corrected chi connectivity index (χ0v) is 19.7. The molecule has 0 spiro atoms. The number of amides is 1. The van der Waals surface area contributed by atoms with E-state index in [0.29, 0.717) is 37.0 Å². The van der Waals surface area contributed by atoms with E-state index in [-0.39, 0.29) is 30.6 Å². The van der Waals surface area contributed by atoms with Gasteiger partial charge in [-0.1, -0.05) is 17.3 Å². The second-order valence-electron chi connectivity index (χ2n) is 8.42. The molecule has 1 amide bonds. The molecule has 4 rings (SSSR count). The number of benzene rings is 2. The molecule has 0 radical (unpaired) electrons. The maximum absolute atomic E-state index is 13.6. The molecule has 1 saturated heterocycles. The first-order chi connectivity index (χ1) is 17.1. The predicted molar refractivity (Wildman–Crippen MR) is 128 cm³/mol. The molecule has 2 aromatic carbocycles. The van der Waals surface area contributed by atoms with E-state index in [1.54, 1.807) is 17.0 Å². The van der Waals surface area contributed by atoms with Gasteiger partial charge in [-0.05, 0) is 62.7 Å². The van der Waals surface area contributed by atoms with E-state index in [4.69, 9.17) is 14.5 Å². The van der Waals surface area contributed by atoms with Crippen LogP contribution in [0.1, 0.15) is 38.0 Å². The number of carbonyl (C=O) groups excluding carboxylic acids is 1. The van der Waals surface area contributed by atoms with Crippen molar-refractivity contribution in [2.75, 3.05) is 37.7 Å². The number of anilines is 1. The number of halogens is 1. The smallest absolute Gasteiger partial charge is 0.241 e. The van der Waals surface area contributed by atoms with E-state index in [2.05, 4.69) is 21.1 Å². The van der Waals surface area contributed by atoms with Gasteiger partial charge in [-0.15, -0.1) is 0 Å². The first-order valence-corrected chi connectivity index (χ1v) is 11.8. The third-order valence-corrected chi connectivity index (χ3v) is 5.95. The fourth-order valence-corrected chi connectivity index (χ4v) is 4.27. The Labute approximate surface area is 203 Å². The maximum atomic E-state index is 13.6. The van der Waals surface area contributed by atoms with Gasteiger partial charge in [0.2, 0.25) is 17.6 Å². The molecule has 1 unspecified atom stereocenters. The van der Waals surface area contributed by atoms with Crippen molar-refractivity contribution >= 4 is 11.6 Å². The summed E-state index contributed by atoms with van der Waals surface area (Å²) in [5.74, 6) is 1.14. The zero-order valence-electron chi connectivity index (χ0n) is 19.7. The lowest BCUT2D eigenvalue weighted by Crippen LogP contribution is -2.44. The first kappa shape index (κ1) is 24.4. The second kappa shape index (κ2) is 11.6. The summed E-state index contributed by atoms with van der Waals surface area (Å²) in [7, 11) is 0. The average Bonchev–Trinajstić information content (AvgIpc) is 3.36. The quantitative estimate of drug-likeness (QED) is 0.451. The Hall–Kier alpha value is -3.77. The van der Waals surface area contributed by atoms with Gasteiger partial charge in [-0.3, -0.25) is 9.69 Å². The van der Waals surface area contributed by atoms with Crippen molar-refractivity contribution in [3.8, 4) is 23.2 Å². The summed E-state index contributed by atoms with van der Waals surface area (Å²) in [6.45, 7) is 4.41. The molecule has 1 atom stereocenters. The Morgan fingerprint density at radius 1 is 1.31 bits per heavy atom. The van der Waals surface area contributed by atoms with Crippen LogP contribution < -0.4 is 9.64 Å².